The first kappa shape index (κ1) is 11.8. The van der Waals surface area contributed by atoms with Gasteiger partial charge in [-0.2, -0.15) is 18.2 Å². The molecule has 92 valence electrons. The van der Waals surface area contributed by atoms with Gasteiger partial charge in [0.25, 0.3) is 5.82 Å². The number of fused-ring (bicyclic) bond motifs is 1. The van der Waals surface area contributed by atoms with Crippen LogP contribution in [0.25, 0.3) is 4.96 Å². The van der Waals surface area contributed by atoms with E-state index in [4.69, 9.17) is 0 Å². The molecule has 17 heavy (non-hydrogen) atoms. The molecule has 0 N–H and O–H groups in total. The number of carbonyl (C=O) groups is 1. The molecule has 0 saturated heterocycles. The molecule has 2 aromatic heterocycles. The van der Waals surface area contributed by atoms with E-state index in [0.717, 1.165) is 15.9 Å². The minimum absolute atomic E-state index is 0.00947. The lowest BCUT2D eigenvalue weighted by Crippen LogP contribution is -2.08. The second kappa shape index (κ2) is 3.69. The van der Waals surface area contributed by atoms with Crippen molar-refractivity contribution in [3.63, 3.8) is 0 Å². The van der Waals surface area contributed by atoms with Crippen LogP contribution in [0.15, 0.2) is 0 Å². The Balaban J connectivity index is 2.57. The van der Waals surface area contributed by atoms with Gasteiger partial charge in [0, 0.05) is 0 Å². The maximum atomic E-state index is 12.3. The molecule has 5 nitrogen and oxygen atoms in total. The van der Waals surface area contributed by atoms with Gasteiger partial charge in [0.15, 0.2) is 0 Å². The van der Waals surface area contributed by atoms with E-state index < -0.39 is 18.0 Å². The molecule has 0 fully saturated rings. The molecule has 0 spiro atoms. The van der Waals surface area contributed by atoms with Crippen molar-refractivity contribution in [1.82, 2.24) is 14.6 Å². The number of alkyl halides is 3. The Kier molecular flexibility index (Phi) is 2.57. The van der Waals surface area contributed by atoms with Gasteiger partial charge in [-0.15, -0.1) is 5.10 Å². The third-order valence-corrected chi connectivity index (χ3v) is 3.15. The summed E-state index contributed by atoms with van der Waals surface area (Å²) in [5.74, 6) is -1.84. The van der Waals surface area contributed by atoms with Crippen molar-refractivity contribution < 1.29 is 22.7 Å². The molecule has 9 heteroatoms. The minimum atomic E-state index is -4.59. The number of hydrogen-bond acceptors (Lipinski definition) is 5. The van der Waals surface area contributed by atoms with Gasteiger partial charge in [-0.1, -0.05) is 11.3 Å². The van der Waals surface area contributed by atoms with Crippen molar-refractivity contribution in [1.29, 1.82) is 0 Å². The summed E-state index contributed by atoms with van der Waals surface area (Å²) >= 11 is 0.808. The average molecular weight is 265 g/mol. The Bertz CT molecular complexity index is 587. The number of hydrogen-bond donors (Lipinski definition) is 0. The minimum Gasteiger partial charge on any atom is -0.465 e. The molecule has 0 amide bonds. The van der Waals surface area contributed by atoms with Gasteiger partial charge in [0.05, 0.1) is 12.8 Å². The van der Waals surface area contributed by atoms with Gasteiger partial charge in [-0.05, 0) is 6.92 Å². The highest BCUT2D eigenvalue weighted by Gasteiger charge is 2.37. The molecule has 0 aliphatic heterocycles. The molecular formula is C8H6F3N3O2S. The van der Waals surface area contributed by atoms with E-state index in [2.05, 4.69) is 14.8 Å². The highest BCUT2D eigenvalue weighted by Crippen LogP contribution is 2.29. The van der Waals surface area contributed by atoms with Crippen LogP contribution in [0.3, 0.4) is 0 Å². The maximum Gasteiger partial charge on any atom is 0.453 e. The highest BCUT2D eigenvalue weighted by atomic mass is 32.1. The monoisotopic (exact) mass is 265 g/mol. The smallest absolute Gasteiger partial charge is 0.453 e. The van der Waals surface area contributed by atoms with E-state index in [9.17, 15) is 18.0 Å². The highest BCUT2D eigenvalue weighted by molar-refractivity contribution is 7.18. The fraction of sp³-hybridized carbons (Fsp3) is 0.375. The van der Waals surface area contributed by atoms with Crippen LogP contribution in [0.2, 0.25) is 0 Å². The molecule has 0 saturated carbocycles. The van der Waals surface area contributed by atoms with Crippen molar-refractivity contribution in [3.8, 4) is 0 Å². The number of esters is 1. The molecule has 2 aromatic rings. The molecule has 0 aliphatic rings. The second-order valence-corrected chi connectivity index (χ2v) is 4.11. The fourth-order valence-electron chi connectivity index (χ4n) is 1.25. The first-order chi connectivity index (χ1) is 7.84. The van der Waals surface area contributed by atoms with Gasteiger partial charge >= 0.3 is 12.1 Å². The Morgan fingerprint density at radius 1 is 1.47 bits per heavy atom. The number of aryl methyl sites for hydroxylation is 1. The molecule has 0 unspecified atom stereocenters. The standard InChI is InChI=1S/C8H6F3N3O2S/c1-3-4(5(15)16-2)17-7-12-6(8(9,10)11)13-14(3)7/h1-2H3. The molecule has 0 atom stereocenters. The number of aromatic nitrogens is 3. The van der Waals surface area contributed by atoms with Crippen molar-refractivity contribution in [3.05, 3.63) is 16.4 Å². The SMILES string of the molecule is COC(=O)c1sc2nc(C(F)(F)F)nn2c1C. The zero-order chi connectivity index (χ0) is 12.8. The summed E-state index contributed by atoms with van der Waals surface area (Å²) in [5.41, 5.74) is 0.278. The quantitative estimate of drug-likeness (QED) is 0.739. The summed E-state index contributed by atoms with van der Waals surface area (Å²) < 4.78 is 42.5. The predicted molar refractivity (Wildman–Crippen MR) is 51.9 cm³/mol. The van der Waals surface area contributed by atoms with E-state index in [1.165, 1.54) is 14.0 Å². The maximum absolute atomic E-state index is 12.3. The van der Waals surface area contributed by atoms with Crippen LogP contribution in [0.5, 0.6) is 0 Å². The second-order valence-electron chi connectivity index (χ2n) is 3.14. The lowest BCUT2D eigenvalue weighted by molar-refractivity contribution is -0.144. The van der Waals surface area contributed by atoms with Crippen LogP contribution in [0.1, 0.15) is 21.2 Å². The molecule has 2 heterocycles. The largest absolute Gasteiger partial charge is 0.465 e. The molecule has 0 radical (unpaired) electrons. The van der Waals surface area contributed by atoms with Crippen LogP contribution in [-0.4, -0.2) is 27.7 Å². The van der Waals surface area contributed by atoms with Gasteiger partial charge in [-0.25, -0.2) is 9.31 Å². The number of methoxy groups -OCH3 is 1. The van der Waals surface area contributed by atoms with Crippen molar-refractivity contribution >= 4 is 22.3 Å². The molecule has 0 aliphatic carbocycles. The van der Waals surface area contributed by atoms with E-state index in [1.54, 1.807) is 0 Å². The Hall–Kier alpha value is -1.64. The van der Waals surface area contributed by atoms with Crippen LogP contribution in [-0.2, 0) is 10.9 Å². The first-order valence-electron chi connectivity index (χ1n) is 4.36. The summed E-state index contributed by atoms with van der Waals surface area (Å²) in [5, 5.41) is 3.30. The van der Waals surface area contributed by atoms with E-state index >= 15 is 0 Å². The number of thiazole rings is 1. The van der Waals surface area contributed by atoms with E-state index in [0.29, 0.717) is 0 Å². The molecular weight excluding hydrogens is 259 g/mol. The van der Waals surface area contributed by atoms with Crippen LogP contribution < -0.4 is 0 Å². The third kappa shape index (κ3) is 1.86. The van der Waals surface area contributed by atoms with Crippen molar-refractivity contribution in [2.75, 3.05) is 7.11 Å². The van der Waals surface area contributed by atoms with Gasteiger partial charge in [-0.3, -0.25) is 0 Å². The van der Waals surface area contributed by atoms with Crippen LogP contribution >= 0.6 is 11.3 Å². The number of carbonyl (C=O) groups excluding carboxylic acids is 1. The average Bonchev–Trinajstić information content (AvgIpc) is 2.77. The van der Waals surface area contributed by atoms with Crippen LogP contribution in [0, 0.1) is 6.92 Å². The number of halogens is 3. The third-order valence-electron chi connectivity index (χ3n) is 2.04. The molecule has 0 bridgehead atoms. The first-order valence-corrected chi connectivity index (χ1v) is 5.18. The zero-order valence-electron chi connectivity index (χ0n) is 8.70. The van der Waals surface area contributed by atoms with E-state index in [1.807, 2.05) is 0 Å². The summed E-state index contributed by atoms with van der Waals surface area (Å²) in [6, 6.07) is 0. The zero-order valence-corrected chi connectivity index (χ0v) is 9.52. The summed E-state index contributed by atoms with van der Waals surface area (Å²) in [6.45, 7) is 1.48. The summed E-state index contributed by atoms with van der Waals surface area (Å²) in [6.07, 6.45) is -4.59. The van der Waals surface area contributed by atoms with Gasteiger partial charge < -0.3 is 4.74 Å². The van der Waals surface area contributed by atoms with Crippen molar-refractivity contribution in [2.24, 2.45) is 0 Å². The molecule has 2 rings (SSSR count). The van der Waals surface area contributed by atoms with E-state index in [-0.39, 0.29) is 15.5 Å². The Morgan fingerprint density at radius 3 is 2.59 bits per heavy atom. The van der Waals surface area contributed by atoms with Gasteiger partial charge in [0.1, 0.15) is 4.88 Å². The Labute approximate surface area is 96.8 Å². The lowest BCUT2D eigenvalue weighted by atomic mass is 10.4. The molecule has 0 aromatic carbocycles. The fourth-order valence-corrected chi connectivity index (χ4v) is 2.23. The normalized spacial score (nSPS) is 12.1. The number of nitrogens with zero attached hydrogens (tertiary/aromatic N) is 3. The number of rotatable bonds is 1. The van der Waals surface area contributed by atoms with Gasteiger partial charge in [0.2, 0.25) is 4.96 Å². The predicted octanol–water partition coefficient (Wildman–Crippen LogP) is 1.90. The summed E-state index contributed by atoms with van der Waals surface area (Å²) in [4.78, 5) is 14.8. The number of ether oxygens (including phenoxy) is 1. The lowest BCUT2D eigenvalue weighted by Gasteiger charge is -1.98. The van der Waals surface area contributed by atoms with Crippen LogP contribution in [0.4, 0.5) is 13.2 Å². The topological polar surface area (TPSA) is 56.5 Å². The Morgan fingerprint density at radius 2 is 2.12 bits per heavy atom. The summed E-state index contributed by atoms with van der Waals surface area (Å²) in [7, 11) is 1.19. The van der Waals surface area contributed by atoms with Crippen molar-refractivity contribution in [2.45, 2.75) is 13.1 Å².